The Hall–Kier alpha value is -3.66. The fraction of sp³-hybridized carbons (Fsp3) is 0.154. The van der Waals surface area contributed by atoms with E-state index in [-0.39, 0.29) is 0 Å². The van der Waals surface area contributed by atoms with Crippen molar-refractivity contribution in [3.05, 3.63) is 107 Å². The summed E-state index contributed by atoms with van der Waals surface area (Å²) < 4.78 is 10.4. The number of aryl methyl sites for hydroxylation is 1. The predicted molar refractivity (Wildman–Crippen MR) is 116 cm³/mol. The average molecular weight is 398 g/mol. The molecule has 4 heteroatoms. The van der Waals surface area contributed by atoms with Crippen LogP contribution in [0.25, 0.3) is 11.1 Å². The summed E-state index contributed by atoms with van der Waals surface area (Å²) in [6.07, 6.45) is 0. The molecule has 0 atom stereocenters. The number of rotatable bonds is 4. The summed E-state index contributed by atoms with van der Waals surface area (Å²) in [5.74, 6) is -1.33. The van der Waals surface area contributed by atoms with E-state index in [0.29, 0.717) is 11.1 Å². The number of methoxy groups -OCH3 is 2. The molecule has 0 unspecified atom stereocenters. The lowest BCUT2D eigenvalue weighted by Gasteiger charge is -2.28. The van der Waals surface area contributed by atoms with Gasteiger partial charge in [0.15, 0.2) is 0 Å². The smallest absolute Gasteiger partial charge is 0.332 e. The standard InChI is InChI=1S/C26H22O4/c1-17-11-7-8-14-19(17)22-20-15-9-10-16-21(20)26(24(27)29-2,25(28)30-3)23(22)18-12-5-4-6-13-18/h4-16H,1-3H3. The highest BCUT2D eigenvalue weighted by Crippen LogP contribution is 2.54. The highest BCUT2D eigenvalue weighted by Gasteiger charge is 2.59. The van der Waals surface area contributed by atoms with Gasteiger partial charge in [0.05, 0.1) is 14.2 Å². The van der Waals surface area contributed by atoms with E-state index in [0.717, 1.165) is 27.8 Å². The van der Waals surface area contributed by atoms with E-state index in [9.17, 15) is 9.59 Å². The van der Waals surface area contributed by atoms with E-state index in [1.807, 2.05) is 79.7 Å². The highest BCUT2D eigenvalue weighted by atomic mass is 16.5. The van der Waals surface area contributed by atoms with Gasteiger partial charge in [0.25, 0.3) is 0 Å². The lowest BCUT2D eigenvalue weighted by molar-refractivity contribution is -0.158. The number of benzene rings is 3. The van der Waals surface area contributed by atoms with E-state index in [1.54, 1.807) is 6.07 Å². The first kappa shape index (κ1) is 19.6. The molecule has 30 heavy (non-hydrogen) atoms. The minimum absolute atomic E-state index is 0.570. The first-order chi connectivity index (χ1) is 14.6. The van der Waals surface area contributed by atoms with Gasteiger partial charge in [-0.25, -0.2) is 0 Å². The van der Waals surface area contributed by atoms with Crippen LogP contribution >= 0.6 is 0 Å². The van der Waals surface area contributed by atoms with Gasteiger partial charge in [-0.05, 0) is 40.3 Å². The molecule has 0 heterocycles. The molecule has 0 bridgehead atoms. The molecule has 3 aromatic rings. The Balaban J connectivity index is 2.23. The van der Waals surface area contributed by atoms with E-state index in [1.165, 1.54) is 14.2 Å². The monoisotopic (exact) mass is 398 g/mol. The maximum atomic E-state index is 13.4. The second-order valence-corrected chi connectivity index (χ2v) is 7.21. The van der Waals surface area contributed by atoms with Crippen molar-refractivity contribution in [3.63, 3.8) is 0 Å². The largest absolute Gasteiger partial charge is 0.468 e. The van der Waals surface area contributed by atoms with Crippen molar-refractivity contribution in [1.29, 1.82) is 0 Å². The number of hydrogen-bond acceptors (Lipinski definition) is 4. The lowest BCUT2D eigenvalue weighted by Crippen LogP contribution is -2.45. The van der Waals surface area contributed by atoms with E-state index >= 15 is 0 Å². The van der Waals surface area contributed by atoms with Gasteiger partial charge >= 0.3 is 11.9 Å². The quantitative estimate of drug-likeness (QED) is 0.478. The zero-order valence-electron chi connectivity index (χ0n) is 17.1. The van der Waals surface area contributed by atoms with Crippen LogP contribution in [0.2, 0.25) is 0 Å². The Kier molecular flexibility index (Phi) is 5.00. The van der Waals surface area contributed by atoms with Gasteiger partial charge in [-0.2, -0.15) is 0 Å². The van der Waals surface area contributed by atoms with Crippen molar-refractivity contribution in [2.45, 2.75) is 12.3 Å². The predicted octanol–water partition coefficient (Wildman–Crippen LogP) is 4.55. The van der Waals surface area contributed by atoms with Crippen molar-refractivity contribution in [2.75, 3.05) is 14.2 Å². The normalized spacial score (nSPS) is 14.2. The van der Waals surface area contributed by atoms with Gasteiger partial charge in [-0.15, -0.1) is 0 Å². The van der Waals surface area contributed by atoms with Crippen LogP contribution in [0, 0.1) is 6.92 Å². The summed E-state index contributed by atoms with van der Waals surface area (Å²) in [5.41, 5.74) is 3.87. The summed E-state index contributed by atoms with van der Waals surface area (Å²) in [4.78, 5) is 26.8. The SMILES string of the molecule is COC(=O)C1(C(=O)OC)C(c2ccccc2)=C(c2ccccc2C)c2ccccc21. The maximum absolute atomic E-state index is 13.4. The van der Waals surface area contributed by atoms with Crippen LogP contribution < -0.4 is 0 Å². The lowest BCUT2D eigenvalue weighted by atomic mass is 9.74. The number of hydrogen-bond donors (Lipinski definition) is 0. The van der Waals surface area contributed by atoms with Crippen molar-refractivity contribution < 1.29 is 19.1 Å². The number of fused-ring (bicyclic) bond motifs is 1. The first-order valence-corrected chi connectivity index (χ1v) is 9.70. The third-order valence-corrected chi connectivity index (χ3v) is 5.69. The van der Waals surface area contributed by atoms with Crippen molar-refractivity contribution in [2.24, 2.45) is 0 Å². The minimum atomic E-state index is -1.71. The van der Waals surface area contributed by atoms with Gasteiger partial charge in [-0.1, -0.05) is 78.9 Å². The molecule has 1 aliphatic carbocycles. The number of carbonyl (C=O) groups is 2. The second-order valence-electron chi connectivity index (χ2n) is 7.21. The molecular formula is C26H22O4. The molecule has 0 aromatic heterocycles. The van der Waals surface area contributed by atoms with Crippen LogP contribution in [0.1, 0.15) is 27.8 Å². The number of carbonyl (C=O) groups excluding carboxylic acids is 2. The fourth-order valence-corrected chi connectivity index (χ4v) is 4.40. The summed E-state index contributed by atoms with van der Waals surface area (Å²) in [5, 5.41) is 0. The summed E-state index contributed by atoms with van der Waals surface area (Å²) >= 11 is 0. The van der Waals surface area contributed by atoms with E-state index in [4.69, 9.17) is 9.47 Å². The molecule has 0 N–H and O–H groups in total. The van der Waals surface area contributed by atoms with Crippen LogP contribution in [0.4, 0.5) is 0 Å². The van der Waals surface area contributed by atoms with Gasteiger partial charge < -0.3 is 9.47 Å². The second kappa shape index (κ2) is 7.64. The zero-order valence-corrected chi connectivity index (χ0v) is 17.1. The Bertz CT molecular complexity index is 1140. The van der Waals surface area contributed by atoms with E-state index < -0.39 is 17.4 Å². The first-order valence-electron chi connectivity index (χ1n) is 9.70. The van der Waals surface area contributed by atoms with Gasteiger partial charge in [0, 0.05) is 5.57 Å². The van der Waals surface area contributed by atoms with Crippen LogP contribution in [0.15, 0.2) is 78.9 Å². The average Bonchev–Trinajstić information content (AvgIpc) is 3.10. The third-order valence-electron chi connectivity index (χ3n) is 5.69. The number of ether oxygens (including phenoxy) is 2. The molecular weight excluding hydrogens is 376 g/mol. The molecule has 0 radical (unpaired) electrons. The van der Waals surface area contributed by atoms with Crippen LogP contribution in [-0.4, -0.2) is 26.2 Å². The molecule has 0 spiro atoms. The Morgan fingerprint density at radius 2 is 1.23 bits per heavy atom. The highest BCUT2D eigenvalue weighted by molar-refractivity contribution is 6.27. The molecule has 4 rings (SSSR count). The Morgan fingerprint density at radius 3 is 1.83 bits per heavy atom. The molecule has 150 valence electrons. The summed E-state index contributed by atoms with van der Waals surface area (Å²) in [7, 11) is 2.59. The van der Waals surface area contributed by atoms with Crippen LogP contribution in [0.3, 0.4) is 0 Å². The molecule has 4 nitrogen and oxygen atoms in total. The van der Waals surface area contributed by atoms with Crippen molar-refractivity contribution in [1.82, 2.24) is 0 Å². The molecule has 0 aliphatic heterocycles. The molecule has 0 fully saturated rings. The van der Waals surface area contributed by atoms with Crippen LogP contribution in [0.5, 0.6) is 0 Å². The molecule has 0 amide bonds. The third kappa shape index (κ3) is 2.68. The zero-order chi connectivity index (χ0) is 21.3. The summed E-state index contributed by atoms with van der Waals surface area (Å²) in [6, 6.07) is 24.9. The van der Waals surface area contributed by atoms with Crippen molar-refractivity contribution in [3.8, 4) is 0 Å². The minimum Gasteiger partial charge on any atom is -0.468 e. The van der Waals surface area contributed by atoms with Gasteiger partial charge in [0.2, 0.25) is 5.41 Å². The van der Waals surface area contributed by atoms with E-state index in [2.05, 4.69) is 0 Å². The van der Waals surface area contributed by atoms with Crippen molar-refractivity contribution >= 4 is 23.1 Å². The molecule has 0 saturated heterocycles. The van der Waals surface area contributed by atoms with Gasteiger partial charge in [0.1, 0.15) is 0 Å². The summed E-state index contributed by atoms with van der Waals surface area (Å²) in [6.45, 7) is 2.02. The molecule has 0 saturated carbocycles. The van der Waals surface area contributed by atoms with Crippen LogP contribution in [-0.2, 0) is 24.5 Å². The maximum Gasteiger partial charge on any atom is 0.332 e. The Labute approximate surface area is 175 Å². The number of esters is 2. The topological polar surface area (TPSA) is 52.6 Å². The fourth-order valence-electron chi connectivity index (χ4n) is 4.40. The Morgan fingerprint density at radius 1 is 0.700 bits per heavy atom. The molecule has 1 aliphatic rings. The molecule has 3 aromatic carbocycles. The van der Waals surface area contributed by atoms with Gasteiger partial charge in [-0.3, -0.25) is 9.59 Å².